The molecule has 2 aliphatic rings. The highest BCUT2D eigenvalue weighted by molar-refractivity contribution is 9.10. The zero-order valence-corrected chi connectivity index (χ0v) is 26.8. The number of pyridine rings is 1. The number of piperazine rings is 1. The van der Waals surface area contributed by atoms with Gasteiger partial charge in [-0.2, -0.15) is 0 Å². The molecule has 0 radical (unpaired) electrons. The Morgan fingerprint density at radius 2 is 1.88 bits per heavy atom. The van der Waals surface area contributed by atoms with Crippen LogP contribution in [0.15, 0.2) is 47.3 Å². The number of fused-ring (bicyclic) bond motifs is 2. The molecule has 1 fully saturated rings. The Labute approximate surface area is 261 Å². The normalized spacial score (nSPS) is 16.8. The number of imidazole rings is 1. The van der Waals surface area contributed by atoms with Crippen LogP contribution >= 0.6 is 27.5 Å². The molecule has 10 nitrogen and oxygen atoms in total. The maximum atomic E-state index is 12.6. The van der Waals surface area contributed by atoms with Crippen LogP contribution < -0.4 is 16.4 Å². The minimum atomic E-state index is -0.232. The lowest BCUT2D eigenvalue weighted by atomic mass is 9.96. The molecule has 12 heteroatoms. The number of benzene rings is 1. The molecule has 1 unspecified atom stereocenters. The number of halogens is 2. The highest BCUT2D eigenvalue weighted by Gasteiger charge is 2.33. The van der Waals surface area contributed by atoms with Crippen LogP contribution in [0.25, 0.3) is 0 Å². The summed E-state index contributed by atoms with van der Waals surface area (Å²) < 4.78 is 2.85. The van der Waals surface area contributed by atoms with Crippen LogP contribution in [0.3, 0.4) is 0 Å². The van der Waals surface area contributed by atoms with E-state index in [2.05, 4.69) is 54.6 Å². The van der Waals surface area contributed by atoms with Gasteiger partial charge in [-0.1, -0.05) is 17.7 Å². The summed E-state index contributed by atoms with van der Waals surface area (Å²) in [5, 5.41) is 6.42. The van der Waals surface area contributed by atoms with Gasteiger partial charge in [-0.05, 0) is 90.9 Å². The first kappa shape index (κ1) is 31.8. The second-order valence-electron chi connectivity index (χ2n) is 11.6. The van der Waals surface area contributed by atoms with E-state index < -0.39 is 0 Å². The number of nitrogens with one attached hydrogen (secondary N) is 2. The van der Waals surface area contributed by atoms with Crippen LogP contribution in [-0.4, -0.2) is 75.0 Å². The highest BCUT2D eigenvalue weighted by atomic mass is 79.9. The number of urea groups is 1. The van der Waals surface area contributed by atoms with Gasteiger partial charge >= 0.3 is 6.03 Å². The standard InChI is InChI=1S/C23H28BrClN4O.C7H12N4O/c1-23(2,3)27-22(30)29-10-8-28(9-11-29)21-19-7-6-18(25)13-15(19)4-5-16-12-17(24)14-26-20(16)21;8-7-10-3-5-11(7)4-1-2-9-6-12/h6-7,12-14,21H,4-5,8-11H2,1-3H3,(H,27,30);3,5-6H,1-2,4H2,(H2,8,10)(H,9,12). The summed E-state index contributed by atoms with van der Waals surface area (Å²) in [7, 11) is 0. The molecule has 3 amide bonds. The Morgan fingerprint density at radius 3 is 2.55 bits per heavy atom. The zero-order valence-electron chi connectivity index (χ0n) is 24.4. The Balaban J connectivity index is 0.000000283. The Bertz CT molecular complexity index is 1310. The zero-order chi connectivity index (χ0) is 30.3. The first-order valence-corrected chi connectivity index (χ1v) is 15.4. The number of anilines is 1. The van der Waals surface area contributed by atoms with E-state index >= 15 is 0 Å². The van der Waals surface area contributed by atoms with Gasteiger partial charge in [0.25, 0.3) is 0 Å². The first-order chi connectivity index (χ1) is 20.1. The third kappa shape index (κ3) is 8.45. The van der Waals surface area contributed by atoms with Crippen LogP contribution in [0.4, 0.5) is 10.7 Å². The number of aryl methyl sites for hydroxylation is 3. The number of hydrogen-bond acceptors (Lipinski definition) is 6. The van der Waals surface area contributed by atoms with Gasteiger partial charge in [0, 0.05) is 72.9 Å². The third-order valence-electron chi connectivity index (χ3n) is 7.29. The van der Waals surface area contributed by atoms with Crippen LogP contribution in [0.1, 0.15) is 55.6 Å². The molecule has 3 aromatic rings. The lowest BCUT2D eigenvalue weighted by molar-refractivity contribution is -0.109. The van der Waals surface area contributed by atoms with Crippen molar-refractivity contribution in [2.45, 2.75) is 58.2 Å². The predicted octanol–water partition coefficient (Wildman–Crippen LogP) is 4.41. The van der Waals surface area contributed by atoms with E-state index in [-0.39, 0.29) is 17.6 Å². The van der Waals surface area contributed by atoms with Gasteiger partial charge in [0.15, 0.2) is 5.95 Å². The molecule has 5 rings (SSSR count). The molecular weight excluding hydrogens is 620 g/mol. The summed E-state index contributed by atoms with van der Waals surface area (Å²) >= 11 is 9.90. The molecule has 1 aliphatic carbocycles. The molecule has 0 spiro atoms. The van der Waals surface area contributed by atoms with Crippen molar-refractivity contribution >= 4 is 45.9 Å². The van der Waals surface area contributed by atoms with Crippen molar-refractivity contribution in [2.24, 2.45) is 0 Å². The van der Waals surface area contributed by atoms with Crippen molar-refractivity contribution in [3.8, 4) is 0 Å². The molecule has 1 saturated heterocycles. The maximum Gasteiger partial charge on any atom is 0.317 e. The molecule has 3 heterocycles. The van der Waals surface area contributed by atoms with E-state index in [1.165, 1.54) is 16.7 Å². The van der Waals surface area contributed by atoms with Crippen LogP contribution in [0.5, 0.6) is 0 Å². The number of amides is 3. The molecule has 2 aromatic heterocycles. The van der Waals surface area contributed by atoms with Crippen molar-refractivity contribution in [3.05, 3.63) is 74.7 Å². The third-order valence-corrected chi connectivity index (χ3v) is 7.96. The van der Waals surface area contributed by atoms with Crippen LogP contribution in [0, 0.1) is 0 Å². The monoisotopic (exact) mass is 658 g/mol. The molecule has 1 aliphatic heterocycles. The van der Waals surface area contributed by atoms with Gasteiger partial charge in [-0.3, -0.25) is 14.7 Å². The molecule has 1 aromatic carbocycles. The van der Waals surface area contributed by atoms with Crippen molar-refractivity contribution in [1.82, 2.24) is 35.0 Å². The van der Waals surface area contributed by atoms with Crippen LogP contribution in [0.2, 0.25) is 5.02 Å². The minimum absolute atomic E-state index is 0.0117. The number of nitrogens with zero attached hydrogens (tertiary/aromatic N) is 5. The maximum absolute atomic E-state index is 12.6. The molecular formula is C30H40BrClN8O2. The van der Waals surface area contributed by atoms with E-state index in [9.17, 15) is 9.59 Å². The van der Waals surface area contributed by atoms with Crippen molar-refractivity contribution in [1.29, 1.82) is 0 Å². The van der Waals surface area contributed by atoms with Crippen LogP contribution in [-0.2, 0) is 24.2 Å². The second kappa shape index (κ2) is 14.3. The Hall–Kier alpha value is -3.15. The lowest BCUT2D eigenvalue weighted by Crippen LogP contribution is -2.55. The quantitative estimate of drug-likeness (QED) is 0.266. The molecule has 226 valence electrons. The molecule has 4 N–H and O–H groups in total. The van der Waals surface area contributed by atoms with E-state index in [0.717, 1.165) is 54.1 Å². The highest BCUT2D eigenvalue weighted by Crippen LogP contribution is 2.38. The molecule has 0 bridgehead atoms. The molecule has 42 heavy (non-hydrogen) atoms. The number of nitrogens with two attached hydrogens (primary N) is 1. The molecule has 0 saturated carbocycles. The topological polar surface area (TPSA) is 121 Å². The predicted molar refractivity (Wildman–Crippen MR) is 169 cm³/mol. The number of nitrogen functional groups attached to an aromatic ring is 1. The van der Waals surface area contributed by atoms with Crippen molar-refractivity contribution in [3.63, 3.8) is 0 Å². The van der Waals surface area contributed by atoms with Gasteiger partial charge in [0.05, 0.1) is 11.7 Å². The van der Waals surface area contributed by atoms with Gasteiger partial charge in [-0.15, -0.1) is 0 Å². The largest absolute Gasteiger partial charge is 0.369 e. The number of carbonyl (C=O) groups is 2. The Kier molecular flexibility index (Phi) is 10.9. The smallest absolute Gasteiger partial charge is 0.317 e. The van der Waals surface area contributed by atoms with Crippen molar-refractivity contribution in [2.75, 3.05) is 38.5 Å². The van der Waals surface area contributed by atoms with E-state index in [0.29, 0.717) is 32.0 Å². The summed E-state index contributed by atoms with van der Waals surface area (Å²) in [5.74, 6) is 0.515. The number of carbonyl (C=O) groups excluding carboxylic acids is 2. The van der Waals surface area contributed by atoms with Gasteiger partial charge in [0.1, 0.15) is 0 Å². The average molecular weight is 660 g/mol. The summed E-state index contributed by atoms with van der Waals surface area (Å²) in [6.07, 6.45) is 8.81. The van der Waals surface area contributed by atoms with Crippen molar-refractivity contribution < 1.29 is 9.59 Å². The van der Waals surface area contributed by atoms with Gasteiger partial charge in [0.2, 0.25) is 6.41 Å². The SMILES string of the molecule is CC(C)(C)NC(=O)N1CCN(C2c3ccc(Cl)cc3CCc3cc(Br)cnc32)CC1.Nc1nccn1CCCNC=O. The second-order valence-corrected chi connectivity index (χ2v) is 12.9. The van der Waals surface area contributed by atoms with E-state index in [1.807, 2.05) is 48.7 Å². The van der Waals surface area contributed by atoms with E-state index in [1.54, 1.807) is 6.20 Å². The summed E-state index contributed by atoms with van der Waals surface area (Å²) in [5.41, 5.74) is 10.2. The Morgan fingerprint density at radius 1 is 1.14 bits per heavy atom. The summed E-state index contributed by atoms with van der Waals surface area (Å²) in [6, 6.07) is 8.51. The van der Waals surface area contributed by atoms with E-state index in [4.69, 9.17) is 22.3 Å². The summed E-state index contributed by atoms with van der Waals surface area (Å²) in [4.78, 5) is 35.5. The summed E-state index contributed by atoms with van der Waals surface area (Å²) in [6.45, 7) is 10.5. The fourth-order valence-electron chi connectivity index (χ4n) is 5.31. The number of rotatable bonds is 6. The number of aromatic nitrogens is 3. The minimum Gasteiger partial charge on any atom is -0.369 e. The lowest BCUT2D eigenvalue weighted by Gasteiger charge is -2.40. The van der Waals surface area contributed by atoms with Gasteiger partial charge < -0.3 is 25.8 Å². The fourth-order valence-corrected chi connectivity index (χ4v) is 5.88. The first-order valence-electron chi connectivity index (χ1n) is 14.2. The fraction of sp³-hybridized carbons (Fsp3) is 0.467. The number of hydrogen-bond donors (Lipinski definition) is 3. The average Bonchev–Trinajstić information content (AvgIpc) is 3.28. The van der Waals surface area contributed by atoms with Gasteiger partial charge in [-0.25, -0.2) is 9.78 Å². The molecule has 1 atom stereocenters.